The molecule has 6 heteroatoms. The molecule has 0 atom stereocenters. The zero-order valence-electron chi connectivity index (χ0n) is 10.3. The number of H-pyrrole nitrogens is 1. The smallest absolute Gasteiger partial charge is 0.208 e. The van der Waals surface area contributed by atoms with E-state index in [1.54, 1.807) is 12.1 Å². The largest absolute Gasteiger partial charge is 0.384 e. The Morgan fingerprint density at radius 2 is 2.32 bits per heavy atom. The molecule has 0 bridgehead atoms. The molecule has 1 aromatic carbocycles. The SMILES string of the molecule is Cc1nc(SCc2ccc(F)c(C#CCO)c2)n[nH]1. The fraction of sp³-hybridized carbons (Fsp3) is 0.231. The highest BCUT2D eigenvalue weighted by Gasteiger charge is 2.04. The first kappa shape index (κ1) is 13.6. The minimum Gasteiger partial charge on any atom is -0.384 e. The molecule has 0 saturated carbocycles. The van der Waals surface area contributed by atoms with E-state index in [0.29, 0.717) is 16.5 Å². The number of halogens is 1. The number of benzene rings is 1. The first-order valence-corrected chi connectivity index (χ1v) is 6.57. The van der Waals surface area contributed by atoms with Gasteiger partial charge in [-0.3, -0.25) is 5.10 Å². The van der Waals surface area contributed by atoms with Crippen LogP contribution < -0.4 is 0 Å². The number of nitrogens with zero attached hydrogens (tertiary/aromatic N) is 2. The van der Waals surface area contributed by atoms with Crippen molar-refractivity contribution in [1.29, 1.82) is 0 Å². The van der Waals surface area contributed by atoms with E-state index in [9.17, 15) is 4.39 Å². The molecule has 2 rings (SSSR count). The third-order valence-electron chi connectivity index (χ3n) is 2.28. The molecular formula is C13H12FN3OS. The maximum atomic E-state index is 13.4. The predicted molar refractivity (Wildman–Crippen MR) is 71.0 cm³/mol. The van der Waals surface area contributed by atoms with Crippen LogP contribution in [0.25, 0.3) is 0 Å². The van der Waals surface area contributed by atoms with Crippen LogP contribution in [0, 0.1) is 24.6 Å². The van der Waals surface area contributed by atoms with Gasteiger partial charge in [-0.1, -0.05) is 29.7 Å². The molecule has 0 radical (unpaired) electrons. The lowest BCUT2D eigenvalue weighted by atomic mass is 10.1. The van der Waals surface area contributed by atoms with Crippen molar-refractivity contribution in [2.24, 2.45) is 0 Å². The topological polar surface area (TPSA) is 61.8 Å². The Balaban J connectivity index is 2.08. The fourth-order valence-corrected chi connectivity index (χ4v) is 2.21. The van der Waals surface area contributed by atoms with Crippen molar-refractivity contribution in [1.82, 2.24) is 15.2 Å². The molecule has 0 fully saturated rings. The number of hydrogen-bond acceptors (Lipinski definition) is 4. The minimum absolute atomic E-state index is 0.283. The lowest BCUT2D eigenvalue weighted by Crippen LogP contribution is -1.89. The Morgan fingerprint density at radius 1 is 1.47 bits per heavy atom. The normalized spacial score (nSPS) is 10.1. The molecule has 0 amide bonds. The lowest BCUT2D eigenvalue weighted by Gasteiger charge is -2.01. The van der Waals surface area contributed by atoms with Gasteiger partial charge in [0.15, 0.2) is 0 Å². The number of aliphatic hydroxyl groups excluding tert-OH is 1. The van der Waals surface area contributed by atoms with Gasteiger partial charge in [0.2, 0.25) is 5.16 Å². The van der Waals surface area contributed by atoms with Crippen LogP contribution in [0.3, 0.4) is 0 Å². The third kappa shape index (κ3) is 3.81. The molecule has 0 unspecified atom stereocenters. The fourth-order valence-electron chi connectivity index (χ4n) is 1.43. The summed E-state index contributed by atoms with van der Waals surface area (Å²) in [7, 11) is 0. The van der Waals surface area contributed by atoms with Crippen LogP contribution >= 0.6 is 11.8 Å². The average Bonchev–Trinajstić information content (AvgIpc) is 2.82. The zero-order chi connectivity index (χ0) is 13.7. The van der Waals surface area contributed by atoms with Crippen LogP contribution in [0.2, 0.25) is 0 Å². The minimum atomic E-state index is -0.386. The number of aromatic amines is 1. The number of rotatable bonds is 3. The van der Waals surface area contributed by atoms with Gasteiger partial charge in [-0.05, 0) is 24.6 Å². The number of nitrogens with one attached hydrogen (secondary N) is 1. The number of thioether (sulfide) groups is 1. The highest BCUT2D eigenvalue weighted by molar-refractivity contribution is 7.98. The Hall–Kier alpha value is -1.84. The molecule has 4 nitrogen and oxygen atoms in total. The Bertz CT molecular complexity index is 630. The van der Waals surface area contributed by atoms with E-state index in [-0.39, 0.29) is 12.4 Å². The maximum absolute atomic E-state index is 13.4. The molecule has 1 aromatic heterocycles. The summed E-state index contributed by atoms with van der Waals surface area (Å²) in [4.78, 5) is 4.18. The van der Waals surface area contributed by atoms with E-state index in [1.165, 1.54) is 17.8 Å². The van der Waals surface area contributed by atoms with Crippen molar-refractivity contribution in [3.05, 3.63) is 41.0 Å². The molecule has 98 valence electrons. The van der Waals surface area contributed by atoms with E-state index in [0.717, 1.165) is 11.4 Å². The summed E-state index contributed by atoms with van der Waals surface area (Å²) >= 11 is 1.46. The third-order valence-corrected chi connectivity index (χ3v) is 3.20. The second-order valence-corrected chi connectivity index (χ2v) is 4.71. The van der Waals surface area contributed by atoms with Crippen molar-refractivity contribution in [3.63, 3.8) is 0 Å². The molecule has 0 spiro atoms. The van der Waals surface area contributed by atoms with Crippen LogP contribution in [-0.2, 0) is 5.75 Å². The van der Waals surface area contributed by atoms with E-state index >= 15 is 0 Å². The summed E-state index contributed by atoms with van der Waals surface area (Å²) < 4.78 is 13.4. The molecule has 1 heterocycles. The zero-order valence-corrected chi connectivity index (χ0v) is 11.1. The van der Waals surface area contributed by atoms with Gasteiger partial charge in [-0.25, -0.2) is 9.37 Å². The van der Waals surface area contributed by atoms with Crippen molar-refractivity contribution >= 4 is 11.8 Å². The molecule has 0 aliphatic carbocycles. The second kappa shape index (κ2) is 6.36. The average molecular weight is 277 g/mol. The second-order valence-electron chi connectivity index (χ2n) is 3.77. The summed E-state index contributed by atoms with van der Waals surface area (Å²) in [5, 5.41) is 16.1. The van der Waals surface area contributed by atoms with Crippen LogP contribution in [0.5, 0.6) is 0 Å². The van der Waals surface area contributed by atoms with Gasteiger partial charge < -0.3 is 5.11 Å². The first-order valence-electron chi connectivity index (χ1n) is 5.59. The lowest BCUT2D eigenvalue weighted by molar-refractivity contribution is 0.350. The summed E-state index contributed by atoms with van der Waals surface area (Å²) in [5.74, 6) is 6.03. The molecule has 0 saturated heterocycles. The van der Waals surface area contributed by atoms with Crippen molar-refractivity contribution < 1.29 is 9.50 Å². The van der Waals surface area contributed by atoms with Crippen molar-refractivity contribution in [2.45, 2.75) is 17.8 Å². The summed E-state index contributed by atoms with van der Waals surface area (Å²) in [6.45, 7) is 1.55. The first-order chi connectivity index (χ1) is 9.19. The van der Waals surface area contributed by atoms with Gasteiger partial charge in [0.1, 0.15) is 18.2 Å². The Kier molecular flexibility index (Phi) is 4.55. The van der Waals surface area contributed by atoms with Crippen molar-refractivity contribution in [2.75, 3.05) is 6.61 Å². The molecule has 0 aliphatic heterocycles. The Labute approximate surface area is 114 Å². The Morgan fingerprint density at radius 3 is 3.00 bits per heavy atom. The highest BCUT2D eigenvalue weighted by Crippen LogP contribution is 2.20. The number of aryl methyl sites for hydroxylation is 1. The monoisotopic (exact) mass is 277 g/mol. The van der Waals surface area contributed by atoms with E-state index in [4.69, 9.17) is 5.11 Å². The number of aliphatic hydroxyl groups is 1. The quantitative estimate of drug-likeness (QED) is 0.664. The van der Waals surface area contributed by atoms with Gasteiger partial charge in [0.05, 0.1) is 5.56 Å². The molecule has 2 N–H and O–H groups in total. The number of hydrogen-bond donors (Lipinski definition) is 2. The van der Waals surface area contributed by atoms with Gasteiger partial charge >= 0.3 is 0 Å². The van der Waals surface area contributed by atoms with Crippen molar-refractivity contribution in [3.8, 4) is 11.8 Å². The van der Waals surface area contributed by atoms with E-state index in [1.807, 2.05) is 6.92 Å². The summed E-state index contributed by atoms with van der Waals surface area (Å²) in [6.07, 6.45) is 0. The van der Waals surface area contributed by atoms with Gasteiger partial charge in [-0.2, -0.15) is 0 Å². The molecule has 19 heavy (non-hydrogen) atoms. The maximum Gasteiger partial charge on any atom is 0.208 e. The van der Waals surface area contributed by atoms with E-state index in [2.05, 4.69) is 27.0 Å². The van der Waals surface area contributed by atoms with Gasteiger partial charge in [-0.15, -0.1) is 5.10 Å². The van der Waals surface area contributed by atoms with Crippen LogP contribution in [0.15, 0.2) is 23.4 Å². The van der Waals surface area contributed by atoms with Crippen LogP contribution in [0.4, 0.5) is 4.39 Å². The van der Waals surface area contributed by atoms with Gasteiger partial charge in [0.25, 0.3) is 0 Å². The van der Waals surface area contributed by atoms with Crippen LogP contribution in [-0.4, -0.2) is 26.9 Å². The number of aromatic nitrogens is 3. The summed E-state index contributed by atoms with van der Waals surface area (Å²) in [5.41, 5.74) is 1.22. The summed E-state index contributed by atoms with van der Waals surface area (Å²) in [6, 6.07) is 4.75. The highest BCUT2D eigenvalue weighted by atomic mass is 32.2. The van der Waals surface area contributed by atoms with Gasteiger partial charge in [0, 0.05) is 5.75 Å². The molecule has 0 aliphatic rings. The predicted octanol–water partition coefficient (Wildman–Crippen LogP) is 1.89. The van der Waals surface area contributed by atoms with Crippen LogP contribution in [0.1, 0.15) is 17.0 Å². The standard InChI is InChI=1S/C13H12FN3OS/c1-9-15-13(17-16-9)19-8-10-4-5-12(14)11(7-10)3-2-6-18/h4-5,7,18H,6,8H2,1H3,(H,15,16,17). The molecular weight excluding hydrogens is 265 g/mol. The molecule has 2 aromatic rings. The van der Waals surface area contributed by atoms with E-state index < -0.39 is 0 Å².